The van der Waals surface area contributed by atoms with Gasteiger partial charge in [0, 0.05) is 0 Å². The molecule has 8 heteroatoms. The molecule has 0 radical (unpaired) electrons. The lowest BCUT2D eigenvalue weighted by Crippen LogP contribution is -2.12. The fraction of sp³-hybridized carbons (Fsp3) is 0.476. The van der Waals surface area contributed by atoms with Gasteiger partial charge >= 0.3 is 11.9 Å². The van der Waals surface area contributed by atoms with E-state index in [-0.39, 0.29) is 34.7 Å². The number of rotatable bonds is 9. The van der Waals surface area contributed by atoms with E-state index in [1.54, 1.807) is 43.4 Å². The molecule has 8 nitrogen and oxygen atoms in total. The van der Waals surface area contributed by atoms with Crippen LogP contribution in [-0.2, 0) is 29.3 Å². The maximum absolute atomic E-state index is 10.7. The third-order valence-corrected chi connectivity index (χ3v) is 7.30. The van der Waals surface area contributed by atoms with Crippen molar-refractivity contribution in [3.05, 3.63) is 107 Å². The van der Waals surface area contributed by atoms with Crippen molar-refractivity contribution in [1.82, 2.24) is 0 Å². The summed E-state index contributed by atoms with van der Waals surface area (Å²) >= 11 is 0. The van der Waals surface area contributed by atoms with Gasteiger partial charge in [-0.1, -0.05) is 134 Å². The van der Waals surface area contributed by atoms with Gasteiger partial charge in [-0.15, -0.1) is 0 Å². The third-order valence-electron chi connectivity index (χ3n) is 7.30. The minimum absolute atomic E-state index is 0. The molecule has 2 N–H and O–H groups in total. The molecule has 0 unspecified atom stereocenters. The van der Waals surface area contributed by atoms with Crippen LogP contribution in [0.2, 0.25) is 0 Å². The van der Waals surface area contributed by atoms with E-state index in [2.05, 4.69) is 61.3 Å². The molecule has 0 bridgehead atoms. The Morgan fingerprint density at radius 1 is 0.740 bits per heavy atom. The van der Waals surface area contributed by atoms with Gasteiger partial charge in [-0.3, -0.25) is 9.59 Å². The van der Waals surface area contributed by atoms with Crippen molar-refractivity contribution in [2.45, 2.75) is 117 Å². The highest BCUT2D eigenvalue weighted by Crippen LogP contribution is 2.29. The second kappa shape index (κ2) is 23.0. The molecule has 0 aliphatic carbocycles. The predicted octanol–water partition coefficient (Wildman–Crippen LogP) is 11.3. The van der Waals surface area contributed by atoms with E-state index in [1.807, 2.05) is 61.5 Å². The van der Waals surface area contributed by atoms with Crippen LogP contribution in [0.5, 0.6) is 0 Å². The quantitative estimate of drug-likeness (QED) is 0.113. The molecule has 0 aliphatic heterocycles. The van der Waals surface area contributed by atoms with Crippen LogP contribution < -0.4 is 0 Å². The van der Waals surface area contributed by atoms with Gasteiger partial charge < -0.3 is 19.7 Å². The van der Waals surface area contributed by atoms with Crippen LogP contribution >= 0.6 is 0 Å². The molecule has 0 saturated heterocycles. The van der Waals surface area contributed by atoms with E-state index in [4.69, 9.17) is 19.7 Å². The van der Waals surface area contributed by atoms with Gasteiger partial charge in [0.15, 0.2) is 0 Å². The average Bonchev–Trinajstić information content (AvgIpc) is 2.95. The second-order valence-corrected chi connectivity index (χ2v) is 15.3. The Morgan fingerprint density at radius 2 is 1.22 bits per heavy atom. The summed E-state index contributed by atoms with van der Waals surface area (Å²) in [4.78, 5) is 41.3. The summed E-state index contributed by atoms with van der Waals surface area (Å²) in [6, 6.07) is 7.07. The molecule has 0 heterocycles. The molecule has 50 heavy (non-hydrogen) atoms. The molecule has 1 aromatic carbocycles. The smallest absolute Gasteiger partial charge is 0.335 e. The van der Waals surface area contributed by atoms with E-state index in [0.29, 0.717) is 30.0 Å². The largest absolute Gasteiger partial charge is 0.478 e. The van der Waals surface area contributed by atoms with Crippen LogP contribution in [-0.4, -0.2) is 35.1 Å². The van der Waals surface area contributed by atoms with Crippen molar-refractivity contribution in [2.24, 2.45) is 16.2 Å². The maximum Gasteiger partial charge on any atom is 0.335 e. The second-order valence-electron chi connectivity index (χ2n) is 15.3. The summed E-state index contributed by atoms with van der Waals surface area (Å²) in [6.45, 7) is 41.7. The number of hydrogen-bond donors (Lipinski definition) is 2. The SMILES string of the molecule is C.C=C(/C=C(\C)C(C)(C)C)C(=O)O.C=C/C(=C(\C)OC=O)C(C)(C)C.C=C/C(OC=O)=C(\C)C(C)(C)C.CC(C)(C)c1cccc(C(=O)O)c1. The van der Waals surface area contributed by atoms with Gasteiger partial charge in [0.2, 0.25) is 0 Å². The highest BCUT2D eigenvalue weighted by atomic mass is 16.5. The Morgan fingerprint density at radius 3 is 1.52 bits per heavy atom. The third kappa shape index (κ3) is 22.2. The molecule has 0 saturated carbocycles. The van der Waals surface area contributed by atoms with Crippen molar-refractivity contribution < 1.29 is 38.9 Å². The van der Waals surface area contributed by atoms with Gasteiger partial charge in [0.1, 0.15) is 11.5 Å². The molecule has 282 valence electrons. The summed E-state index contributed by atoms with van der Waals surface area (Å²) in [5.74, 6) is -0.658. The molecule has 0 aliphatic rings. The van der Waals surface area contributed by atoms with Crippen molar-refractivity contribution in [2.75, 3.05) is 0 Å². The fourth-order valence-corrected chi connectivity index (χ4v) is 3.48. The van der Waals surface area contributed by atoms with Crippen LogP contribution in [0.25, 0.3) is 0 Å². The standard InChI is InChI=1S/C11H14O2.3C10H16O2.CH4/c1-11(2,3)9-6-4-5-8(7-9)10(12)13;1-7(9(11)12)6-8(2)10(3,4)5;1-6-9(10(3,4)5)8(2)12-7-11;1-6-9(12-7-11)8(2)10(3,4)5;/h4-7H,1-3H3,(H,12,13);6H,1H2,2-5H3,(H,11,12);2*6-7H,1H2,2-5H3;1H4/b;8-6+;2*9-8-;. The topological polar surface area (TPSA) is 127 Å². The number of hydrogen-bond acceptors (Lipinski definition) is 6. The molecule has 0 aromatic heterocycles. The number of benzene rings is 1. The zero-order chi connectivity index (χ0) is 39.6. The molecule has 0 spiro atoms. The van der Waals surface area contributed by atoms with E-state index >= 15 is 0 Å². The average molecular weight is 699 g/mol. The normalized spacial score (nSPS) is 12.4. The van der Waals surface area contributed by atoms with Gasteiger partial charge in [0.05, 0.1) is 11.1 Å². The van der Waals surface area contributed by atoms with Crippen LogP contribution in [0.1, 0.15) is 127 Å². The fourth-order valence-electron chi connectivity index (χ4n) is 3.48. The van der Waals surface area contributed by atoms with Crippen molar-refractivity contribution in [3.8, 4) is 0 Å². The number of carboxylic acids is 2. The van der Waals surface area contributed by atoms with Crippen LogP contribution in [0.4, 0.5) is 0 Å². The lowest BCUT2D eigenvalue weighted by Gasteiger charge is -2.21. The van der Waals surface area contributed by atoms with Crippen LogP contribution in [0, 0.1) is 16.2 Å². The van der Waals surface area contributed by atoms with Gasteiger partial charge in [0.25, 0.3) is 12.9 Å². The van der Waals surface area contributed by atoms with Crippen molar-refractivity contribution >= 4 is 24.9 Å². The maximum atomic E-state index is 10.7. The molecule has 1 aromatic rings. The van der Waals surface area contributed by atoms with Gasteiger partial charge in [-0.2, -0.15) is 0 Å². The zero-order valence-electron chi connectivity index (χ0n) is 32.7. The van der Waals surface area contributed by atoms with E-state index in [1.165, 1.54) is 0 Å². The van der Waals surface area contributed by atoms with E-state index in [0.717, 1.165) is 22.3 Å². The first-order valence-electron chi connectivity index (χ1n) is 15.9. The van der Waals surface area contributed by atoms with Crippen LogP contribution in [0.15, 0.2) is 96.0 Å². The highest BCUT2D eigenvalue weighted by Gasteiger charge is 2.18. The summed E-state index contributed by atoms with van der Waals surface area (Å²) in [6.07, 6.45) is 4.89. The lowest BCUT2D eigenvalue weighted by atomic mass is 9.86. The first kappa shape index (κ1) is 52.4. The summed E-state index contributed by atoms with van der Waals surface area (Å²) in [5.41, 5.74) is 4.53. The first-order chi connectivity index (χ1) is 22.0. The summed E-state index contributed by atoms with van der Waals surface area (Å²) < 4.78 is 9.51. The number of carbonyl (C=O) groups excluding carboxylic acids is 2. The Balaban J connectivity index is -0.000000281. The zero-order valence-corrected chi connectivity index (χ0v) is 32.7. The van der Waals surface area contributed by atoms with Crippen LogP contribution in [0.3, 0.4) is 0 Å². The molecule has 0 atom stereocenters. The summed E-state index contributed by atoms with van der Waals surface area (Å²) in [7, 11) is 0. The molecular weight excluding hydrogens is 632 g/mol. The minimum Gasteiger partial charge on any atom is -0.478 e. The molecule has 1 rings (SSSR count). The first-order valence-corrected chi connectivity index (χ1v) is 15.9. The van der Waals surface area contributed by atoms with Crippen molar-refractivity contribution in [3.63, 3.8) is 0 Å². The highest BCUT2D eigenvalue weighted by molar-refractivity contribution is 5.89. The summed E-state index contributed by atoms with van der Waals surface area (Å²) in [5, 5.41) is 17.3. The van der Waals surface area contributed by atoms with E-state index < -0.39 is 11.9 Å². The number of aromatic carboxylic acids is 1. The Hall–Kier alpha value is -4.46. The van der Waals surface area contributed by atoms with Gasteiger partial charge in [-0.25, -0.2) is 9.59 Å². The minimum atomic E-state index is -0.960. The lowest BCUT2D eigenvalue weighted by molar-refractivity contribution is -0.132. The van der Waals surface area contributed by atoms with E-state index in [9.17, 15) is 19.2 Å². The Labute approximate surface area is 303 Å². The monoisotopic (exact) mass is 698 g/mol. The number of allylic oxidation sites excluding steroid dienone is 6. The predicted molar refractivity (Wildman–Crippen MR) is 208 cm³/mol. The number of aliphatic carboxylic acids is 1. The van der Waals surface area contributed by atoms with Gasteiger partial charge in [-0.05, 0) is 83.4 Å². The molecular formula is C42H66O8. The molecule has 0 amide bonds. The molecule has 0 fully saturated rings. The number of carboxylic acid groups (broad SMARTS) is 2. The Bertz CT molecular complexity index is 1390. The number of ether oxygens (including phenoxy) is 2. The van der Waals surface area contributed by atoms with Crippen molar-refractivity contribution in [1.29, 1.82) is 0 Å². The Kier molecular flexibility index (Phi) is 24.1. The number of carbonyl (C=O) groups is 4.